The van der Waals surface area contributed by atoms with E-state index in [4.69, 9.17) is 9.16 Å². The van der Waals surface area contributed by atoms with Gasteiger partial charge in [0, 0.05) is 6.61 Å². The maximum Gasteiger partial charge on any atom is 0.161 e. The minimum absolute atomic E-state index is 0.219. The van der Waals surface area contributed by atoms with Crippen molar-refractivity contribution in [2.75, 3.05) is 19.8 Å². The van der Waals surface area contributed by atoms with Gasteiger partial charge in [-0.05, 0) is 12.5 Å². The molecule has 0 aliphatic carbocycles. The minimum atomic E-state index is -0.219. The molecular weight excluding hydrogens is 180 g/mol. The molecule has 0 bridgehead atoms. The highest BCUT2D eigenvalue weighted by Crippen LogP contribution is 1.93. The normalized spacial score (nSPS) is 11.5. The van der Waals surface area contributed by atoms with Crippen molar-refractivity contribution in [3.63, 3.8) is 0 Å². The van der Waals surface area contributed by atoms with Crippen LogP contribution in [0.4, 0.5) is 0 Å². The summed E-state index contributed by atoms with van der Waals surface area (Å²) in [5, 5.41) is 0. The molecule has 0 saturated carbocycles. The van der Waals surface area contributed by atoms with E-state index in [1.54, 1.807) is 0 Å². The van der Waals surface area contributed by atoms with Crippen LogP contribution in [-0.2, 0) is 9.16 Å². The number of unbranched alkanes of at least 4 members (excludes halogenated alkanes) is 2. The Morgan fingerprint density at radius 1 is 0.923 bits per heavy atom. The first kappa shape index (κ1) is 13.1. The molecule has 0 rings (SSSR count). The van der Waals surface area contributed by atoms with Gasteiger partial charge in [0.1, 0.15) is 0 Å². The second-order valence-corrected chi connectivity index (χ2v) is 4.81. The van der Waals surface area contributed by atoms with Crippen molar-refractivity contribution >= 4 is 9.76 Å². The molecule has 0 spiro atoms. The average molecular weight is 204 g/mol. The van der Waals surface area contributed by atoms with E-state index in [9.17, 15) is 0 Å². The van der Waals surface area contributed by atoms with Gasteiger partial charge in [0.2, 0.25) is 0 Å². The number of ether oxygens (including phenoxy) is 1. The predicted molar refractivity (Wildman–Crippen MR) is 59.9 cm³/mol. The molecule has 0 heterocycles. The second kappa shape index (κ2) is 12.1. The van der Waals surface area contributed by atoms with Crippen LogP contribution in [0.25, 0.3) is 0 Å². The zero-order chi connectivity index (χ0) is 9.78. The van der Waals surface area contributed by atoms with Gasteiger partial charge in [0.25, 0.3) is 0 Å². The lowest BCUT2D eigenvalue weighted by molar-refractivity contribution is 0.0994. The van der Waals surface area contributed by atoms with Crippen LogP contribution in [0.1, 0.15) is 39.5 Å². The second-order valence-electron chi connectivity index (χ2n) is 3.29. The molecular formula is C10H24O2Si. The van der Waals surface area contributed by atoms with Crippen molar-refractivity contribution in [2.24, 2.45) is 0 Å². The van der Waals surface area contributed by atoms with Crippen LogP contribution < -0.4 is 0 Å². The van der Waals surface area contributed by atoms with Gasteiger partial charge in [0.05, 0.1) is 13.2 Å². The highest BCUT2D eigenvalue weighted by Gasteiger charge is 1.90. The van der Waals surface area contributed by atoms with Crippen LogP contribution in [0.5, 0.6) is 0 Å². The topological polar surface area (TPSA) is 18.5 Å². The van der Waals surface area contributed by atoms with Crippen LogP contribution in [0, 0.1) is 0 Å². The Bertz CT molecular complexity index is 79.0. The Kier molecular flexibility index (Phi) is 12.3. The van der Waals surface area contributed by atoms with E-state index >= 15 is 0 Å². The van der Waals surface area contributed by atoms with Gasteiger partial charge >= 0.3 is 0 Å². The molecule has 0 saturated heterocycles. The highest BCUT2D eigenvalue weighted by molar-refractivity contribution is 6.26. The van der Waals surface area contributed by atoms with Crippen LogP contribution in [-0.4, -0.2) is 29.6 Å². The summed E-state index contributed by atoms with van der Waals surface area (Å²) >= 11 is 0. The summed E-state index contributed by atoms with van der Waals surface area (Å²) in [5.41, 5.74) is 0. The first-order valence-electron chi connectivity index (χ1n) is 5.57. The van der Waals surface area contributed by atoms with Gasteiger partial charge in [-0.1, -0.05) is 33.1 Å². The molecule has 0 aliphatic heterocycles. The maximum absolute atomic E-state index is 5.53. The van der Waals surface area contributed by atoms with Gasteiger partial charge < -0.3 is 9.16 Å². The Balaban J connectivity index is 2.76. The Morgan fingerprint density at radius 3 is 2.38 bits per heavy atom. The zero-order valence-electron chi connectivity index (χ0n) is 9.18. The van der Waals surface area contributed by atoms with E-state index in [1.807, 2.05) is 0 Å². The van der Waals surface area contributed by atoms with Crippen LogP contribution in [0.15, 0.2) is 0 Å². The molecule has 0 aromatic rings. The molecule has 0 atom stereocenters. The minimum Gasteiger partial charge on any atom is -0.422 e. The summed E-state index contributed by atoms with van der Waals surface area (Å²) in [6, 6.07) is 1.32. The molecule has 2 nitrogen and oxygen atoms in total. The molecule has 13 heavy (non-hydrogen) atoms. The predicted octanol–water partition coefficient (Wildman–Crippen LogP) is 2.12. The van der Waals surface area contributed by atoms with Crippen LogP contribution in [0.2, 0.25) is 6.04 Å². The average Bonchev–Trinajstić information content (AvgIpc) is 2.16. The standard InChI is InChI=1S/C10H24O2Si/c1-3-5-7-11-8-9-12-13-10-6-4-2/h3-10,13H2,1-2H3. The third-order valence-electron chi connectivity index (χ3n) is 1.91. The number of hydrogen-bond donors (Lipinski definition) is 0. The lowest BCUT2D eigenvalue weighted by atomic mass is 10.4. The molecule has 0 N–H and O–H groups in total. The Labute approximate surface area is 84.9 Å². The Hall–Kier alpha value is 0.137. The monoisotopic (exact) mass is 204 g/mol. The van der Waals surface area contributed by atoms with Gasteiger partial charge in [-0.3, -0.25) is 0 Å². The summed E-state index contributed by atoms with van der Waals surface area (Å²) < 4.78 is 10.9. The molecule has 0 aliphatic rings. The molecule has 0 aromatic heterocycles. The largest absolute Gasteiger partial charge is 0.422 e. The third kappa shape index (κ3) is 12.1. The Morgan fingerprint density at radius 2 is 1.69 bits per heavy atom. The SMILES string of the molecule is CCCCOCCO[SiH2]CCCC. The van der Waals surface area contributed by atoms with Gasteiger partial charge in [0.15, 0.2) is 9.76 Å². The van der Waals surface area contributed by atoms with Crippen molar-refractivity contribution in [1.82, 2.24) is 0 Å². The molecule has 0 unspecified atom stereocenters. The van der Waals surface area contributed by atoms with Gasteiger partial charge in [-0.15, -0.1) is 0 Å². The van der Waals surface area contributed by atoms with Crippen molar-refractivity contribution in [1.29, 1.82) is 0 Å². The maximum atomic E-state index is 5.53. The van der Waals surface area contributed by atoms with Crippen LogP contribution in [0.3, 0.4) is 0 Å². The molecule has 80 valence electrons. The molecule has 3 heteroatoms. The fraction of sp³-hybridized carbons (Fsp3) is 1.00. The van der Waals surface area contributed by atoms with E-state index in [1.165, 1.54) is 31.7 Å². The first-order valence-corrected chi connectivity index (χ1v) is 7.15. The van der Waals surface area contributed by atoms with E-state index in [-0.39, 0.29) is 9.76 Å². The van der Waals surface area contributed by atoms with E-state index in [2.05, 4.69) is 13.8 Å². The summed E-state index contributed by atoms with van der Waals surface area (Å²) in [4.78, 5) is 0. The highest BCUT2D eigenvalue weighted by atomic mass is 28.2. The summed E-state index contributed by atoms with van der Waals surface area (Å²) in [7, 11) is -0.219. The van der Waals surface area contributed by atoms with Crippen molar-refractivity contribution in [3.8, 4) is 0 Å². The fourth-order valence-electron chi connectivity index (χ4n) is 1.02. The lowest BCUT2D eigenvalue weighted by Gasteiger charge is -2.04. The van der Waals surface area contributed by atoms with Crippen LogP contribution >= 0.6 is 0 Å². The van der Waals surface area contributed by atoms with Crippen molar-refractivity contribution < 1.29 is 9.16 Å². The quantitative estimate of drug-likeness (QED) is 0.401. The first-order chi connectivity index (χ1) is 6.41. The molecule has 0 fully saturated rings. The summed E-state index contributed by atoms with van der Waals surface area (Å²) in [6.07, 6.45) is 5.02. The van der Waals surface area contributed by atoms with Crippen molar-refractivity contribution in [2.45, 2.75) is 45.6 Å². The van der Waals surface area contributed by atoms with E-state index < -0.39 is 0 Å². The molecule has 0 radical (unpaired) electrons. The summed E-state index contributed by atoms with van der Waals surface area (Å²) in [5.74, 6) is 0. The lowest BCUT2D eigenvalue weighted by Crippen LogP contribution is -2.07. The van der Waals surface area contributed by atoms with Gasteiger partial charge in [-0.25, -0.2) is 0 Å². The van der Waals surface area contributed by atoms with E-state index in [0.29, 0.717) is 0 Å². The molecule has 0 amide bonds. The fourth-order valence-corrected chi connectivity index (χ4v) is 2.25. The summed E-state index contributed by atoms with van der Waals surface area (Å²) in [6.45, 7) is 6.91. The van der Waals surface area contributed by atoms with E-state index in [0.717, 1.165) is 19.8 Å². The smallest absolute Gasteiger partial charge is 0.161 e. The zero-order valence-corrected chi connectivity index (χ0v) is 10.6. The number of hydrogen-bond acceptors (Lipinski definition) is 2. The number of rotatable bonds is 10. The molecule has 0 aromatic carbocycles. The van der Waals surface area contributed by atoms with Gasteiger partial charge in [-0.2, -0.15) is 0 Å². The van der Waals surface area contributed by atoms with Crippen molar-refractivity contribution in [3.05, 3.63) is 0 Å². The third-order valence-corrected chi connectivity index (χ3v) is 3.27.